The summed E-state index contributed by atoms with van der Waals surface area (Å²) in [6.07, 6.45) is 0. The highest BCUT2D eigenvalue weighted by molar-refractivity contribution is 9.10. The Balaban J connectivity index is 2.52. The summed E-state index contributed by atoms with van der Waals surface area (Å²) >= 11 is 3.53. The molecule has 1 heterocycles. The highest BCUT2D eigenvalue weighted by atomic mass is 79.9. The van der Waals surface area contributed by atoms with Crippen molar-refractivity contribution in [2.45, 2.75) is 19.8 Å². The Morgan fingerprint density at radius 1 is 1.44 bits per heavy atom. The van der Waals surface area contributed by atoms with E-state index in [1.165, 1.54) is 0 Å². The predicted molar refractivity (Wildman–Crippen MR) is 65.4 cm³/mol. The molecule has 1 N–H and O–H groups in total. The van der Waals surface area contributed by atoms with E-state index >= 15 is 0 Å². The van der Waals surface area contributed by atoms with Gasteiger partial charge >= 0.3 is 0 Å². The Bertz CT molecular complexity index is 404. The summed E-state index contributed by atoms with van der Waals surface area (Å²) in [7, 11) is 0. The molecule has 16 heavy (non-hydrogen) atoms. The van der Waals surface area contributed by atoms with E-state index in [9.17, 15) is 5.11 Å². The summed E-state index contributed by atoms with van der Waals surface area (Å²) in [5.74, 6) is 1.64. The summed E-state index contributed by atoms with van der Waals surface area (Å²) in [5.41, 5.74) is 2.20. The highest BCUT2D eigenvalue weighted by Gasteiger charge is 2.21. The van der Waals surface area contributed by atoms with Gasteiger partial charge in [-0.25, -0.2) is 0 Å². The zero-order chi connectivity index (χ0) is 11.7. The van der Waals surface area contributed by atoms with Crippen LogP contribution in [-0.4, -0.2) is 24.9 Å². The monoisotopic (exact) mass is 286 g/mol. The number of aliphatic hydroxyl groups is 1. The van der Waals surface area contributed by atoms with Crippen molar-refractivity contribution in [2.75, 3.05) is 19.8 Å². The van der Waals surface area contributed by atoms with E-state index in [0.29, 0.717) is 13.2 Å². The molecule has 0 saturated carbocycles. The molecule has 3 nitrogen and oxygen atoms in total. The summed E-state index contributed by atoms with van der Waals surface area (Å²) in [4.78, 5) is 0. The molecule has 1 atom stereocenters. The third kappa shape index (κ3) is 1.92. The molecule has 2 rings (SSSR count). The lowest BCUT2D eigenvalue weighted by Crippen LogP contribution is -2.17. The molecule has 0 fully saturated rings. The van der Waals surface area contributed by atoms with Crippen LogP contribution in [0.5, 0.6) is 11.5 Å². The number of hydrogen-bond acceptors (Lipinski definition) is 3. The van der Waals surface area contributed by atoms with Crippen molar-refractivity contribution in [1.29, 1.82) is 0 Å². The molecule has 0 aliphatic carbocycles. The lowest BCUT2D eigenvalue weighted by atomic mass is 9.96. The number of aliphatic hydroxyl groups excluding tert-OH is 1. The average molecular weight is 287 g/mol. The third-order valence-corrected chi connectivity index (χ3v) is 3.82. The smallest absolute Gasteiger partial charge is 0.175 e. The van der Waals surface area contributed by atoms with Crippen LogP contribution in [0.15, 0.2) is 10.5 Å². The molecular formula is C12H15BrO3. The first-order valence-corrected chi connectivity index (χ1v) is 6.14. The molecule has 1 aliphatic heterocycles. The highest BCUT2D eigenvalue weighted by Crippen LogP contribution is 2.42. The first-order valence-electron chi connectivity index (χ1n) is 5.34. The standard InChI is InChI=1S/C12H15BrO3/c1-7(6-14)9-5-10-12(11(13)8(9)2)16-4-3-15-10/h5,7,14H,3-4,6H2,1-2H3. The quantitative estimate of drug-likeness (QED) is 0.908. The van der Waals surface area contributed by atoms with Crippen LogP contribution >= 0.6 is 15.9 Å². The van der Waals surface area contributed by atoms with Gasteiger partial charge in [0.05, 0.1) is 4.47 Å². The molecule has 1 aliphatic rings. The van der Waals surface area contributed by atoms with Crippen LogP contribution in [0.3, 0.4) is 0 Å². The van der Waals surface area contributed by atoms with Gasteiger partial charge in [-0.1, -0.05) is 6.92 Å². The van der Waals surface area contributed by atoms with E-state index in [1.807, 2.05) is 19.9 Å². The van der Waals surface area contributed by atoms with Crippen LogP contribution in [0.25, 0.3) is 0 Å². The largest absolute Gasteiger partial charge is 0.486 e. The lowest BCUT2D eigenvalue weighted by molar-refractivity contribution is 0.169. The maximum absolute atomic E-state index is 9.22. The minimum Gasteiger partial charge on any atom is -0.486 e. The van der Waals surface area contributed by atoms with E-state index in [0.717, 1.165) is 27.1 Å². The normalized spacial score (nSPS) is 16.0. The number of fused-ring (bicyclic) bond motifs is 1. The van der Waals surface area contributed by atoms with Crippen LogP contribution in [0.2, 0.25) is 0 Å². The van der Waals surface area contributed by atoms with E-state index in [-0.39, 0.29) is 12.5 Å². The molecule has 0 amide bonds. The van der Waals surface area contributed by atoms with E-state index in [2.05, 4.69) is 15.9 Å². The van der Waals surface area contributed by atoms with Crippen molar-refractivity contribution in [2.24, 2.45) is 0 Å². The molecular weight excluding hydrogens is 272 g/mol. The van der Waals surface area contributed by atoms with Crippen molar-refractivity contribution < 1.29 is 14.6 Å². The van der Waals surface area contributed by atoms with Crippen molar-refractivity contribution in [1.82, 2.24) is 0 Å². The second-order valence-corrected chi connectivity index (χ2v) is 4.81. The molecule has 0 aromatic heterocycles. The van der Waals surface area contributed by atoms with Crippen LogP contribution in [-0.2, 0) is 0 Å². The third-order valence-electron chi connectivity index (χ3n) is 2.86. The summed E-state index contributed by atoms with van der Waals surface area (Å²) in [6, 6.07) is 1.97. The number of rotatable bonds is 2. The zero-order valence-electron chi connectivity index (χ0n) is 9.42. The Hall–Kier alpha value is -0.740. The van der Waals surface area contributed by atoms with E-state index in [4.69, 9.17) is 9.47 Å². The van der Waals surface area contributed by atoms with Crippen LogP contribution in [0.4, 0.5) is 0 Å². The summed E-state index contributed by atoms with van der Waals surface area (Å²) < 4.78 is 12.1. The maximum Gasteiger partial charge on any atom is 0.175 e. The van der Waals surface area contributed by atoms with Crippen molar-refractivity contribution in [3.05, 3.63) is 21.7 Å². The summed E-state index contributed by atoms with van der Waals surface area (Å²) in [6.45, 7) is 5.30. The van der Waals surface area contributed by atoms with E-state index < -0.39 is 0 Å². The average Bonchev–Trinajstić information content (AvgIpc) is 2.33. The van der Waals surface area contributed by atoms with Gasteiger partial charge in [-0.2, -0.15) is 0 Å². The van der Waals surface area contributed by atoms with Gasteiger partial charge in [-0.05, 0) is 40.0 Å². The fourth-order valence-electron chi connectivity index (χ4n) is 1.87. The van der Waals surface area contributed by atoms with Gasteiger partial charge in [0.2, 0.25) is 0 Å². The van der Waals surface area contributed by atoms with Crippen molar-refractivity contribution >= 4 is 15.9 Å². The SMILES string of the molecule is Cc1c(C(C)CO)cc2c(c1Br)OCCO2. The molecule has 1 aromatic carbocycles. The van der Waals surface area contributed by atoms with Crippen molar-refractivity contribution in [3.63, 3.8) is 0 Å². The fraction of sp³-hybridized carbons (Fsp3) is 0.500. The number of hydrogen-bond donors (Lipinski definition) is 1. The van der Waals surface area contributed by atoms with Gasteiger partial charge < -0.3 is 14.6 Å². The molecule has 1 aromatic rings. The molecule has 0 saturated heterocycles. The fourth-order valence-corrected chi connectivity index (χ4v) is 2.41. The minimum absolute atomic E-state index is 0.104. The van der Waals surface area contributed by atoms with Crippen molar-refractivity contribution in [3.8, 4) is 11.5 Å². The van der Waals surface area contributed by atoms with Gasteiger partial charge in [-0.3, -0.25) is 0 Å². The predicted octanol–water partition coefficient (Wildman–Crippen LogP) is 2.62. The number of ether oxygens (including phenoxy) is 2. The number of halogens is 1. The zero-order valence-corrected chi connectivity index (χ0v) is 11.0. The Morgan fingerprint density at radius 3 is 2.81 bits per heavy atom. The molecule has 88 valence electrons. The molecule has 1 unspecified atom stereocenters. The molecule has 0 spiro atoms. The van der Waals surface area contributed by atoms with Crippen LogP contribution < -0.4 is 9.47 Å². The first-order chi connectivity index (χ1) is 7.65. The Kier molecular flexibility index (Phi) is 3.40. The van der Waals surface area contributed by atoms with Crippen LogP contribution in [0.1, 0.15) is 24.0 Å². The van der Waals surface area contributed by atoms with Gasteiger partial charge in [-0.15, -0.1) is 0 Å². The van der Waals surface area contributed by atoms with Crippen LogP contribution in [0, 0.1) is 6.92 Å². The van der Waals surface area contributed by atoms with Gasteiger partial charge in [0.25, 0.3) is 0 Å². The first kappa shape index (κ1) is 11.7. The number of benzene rings is 1. The minimum atomic E-state index is 0.104. The van der Waals surface area contributed by atoms with E-state index in [1.54, 1.807) is 0 Å². The maximum atomic E-state index is 9.22. The molecule has 0 bridgehead atoms. The molecule has 0 radical (unpaired) electrons. The second-order valence-electron chi connectivity index (χ2n) is 4.01. The Labute approximate surface area is 104 Å². The van der Waals surface area contributed by atoms with Gasteiger partial charge in [0.15, 0.2) is 11.5 Å². The lowest BCUT2D eigenvalue weighted by Gasteiger charge is -2.23. The Morgan fingerprint density at radius 2 is 2.12 bits per heavy atom. The molecule has 4 heteroatoms. The van der Waals surface area contributed by atoms with Gasteiger partial charge in [0.1, 0.15) is 13.2 Å². The second kappa shape index (κ2) is 4.63. The summed E-state index contributed by atoms with van der Waals surface area (Å²) in [5, 5.41) is 9.22. The topological polar surface area (TPSA) is 38.7 Å². The van der Waals surface area contributed by atoms with Gasteiger partial charge in [0, 0.05) is 12.5 Å².